The zero-order chi connectivity index (χ0) is 15.0. The normalized spacial score (nSPS) is 18.3. The molecule has 0 radical (unpaired) electrons. The Balaban J connectivity index is 1.82. The molecule has 1 aliphatic rings. The second-order valence-corrected chi connectivity index (χ2v) is 5.72. The zero-order valence-electron chi connectivity index (χ0n) is 10.9. The van der Waals surface area contributed by atoms with Crippen LogP contribution in [0.3, 0.4) is 0 Å². The molecule has 1 atom stereocenters. The number of halogens is 3. The van der Waals surface area contributed by atoms with Gasteiger partial charge in [-0.25, -0.2) is 0 Å². The van der Waals surface area contributed by atoms with E-state index in [4.69, 9.17) is 5.73 Å². The lowest BCUT2D eigenvalue weighted by atomic mass is 9.87. The molecule has 0 saturated carbocycles. The number of alkyl halides is 3. The number of hydrogen-bond acceptors (Lipinski definition) is 5. The Morgan fingerprint density at radius 3 is 2.86 bits per heavy atom. The van der Waals surface area contributed by atoms with E-state index in [2.05, 4.69) is 14.7 Å². The van der Waals surface area contributed by atoms with E-state index in [0.29, 0.717) is 5.69 Å². The van der Waals surface area contributed by atoms with Gasteiger partial charge in [-0.2, -0.15) is 22.5 Å². The summed E-state index contributed by atoms with van der Waals surface area (Å²) in [7, 11) is 0. The van der Waals surface area contributed by atoms with Crippen molar-refractivity contribution < 1.29 is 13.2 Å². The van der Waals surface area contributed by atoms with Crippen LogP contribution in [0.2, 0.25) is 0 Å². The first kappa shape index (κ1) is 14.1. The van der Waals surface area contributed by atoms with E-state index in [1.807, 2.05) is 12.1 Å². The summed E-state index contributed by atoms with van der Waals surface area (Å²) in [5.41, 5.74) is 8.67. The largest absolute Gasteiger partial charge is 0.452 e. The van der Waals surface area contributed by atoms with Crippen LogP contribution in [0.5, 0.6) is 0 Å². The highest BCUT2D eigenvalue weighted by Crippen LogP contribution is 2.35. The standard InChI is InChI=1S/C13H13F3N4S/c14-13(15,16)11-19-12(21-20-11)18-10-3-1-2-7-6-8(17)4-5-9(7)10/h4-6,10H,1-3,17H2,(H,18,19,20). The third-order valence-corrected chi connectivity index (χ3v) is 4.10. The molecule has 4 nitrogen and oxygen atoms in total. The van der Waals surface area contributed by atoms with Gasteiger partial charge in [0.15, 0.2) is 0 Å². The second-order valence-electron chi connectivity index (χ2n) is 4.97. The molecule has 3 N–H and O–H groups in total. The minimum absolute atomic E-state index is 0.0524. The lowest BCUT2D eigenvalue weighted by molar-refractivity contribution is -0.144. The summed E-state index contributed by atoms with van der Waals surface area (Å²) in [5, 5.41) is 3.24. The van der Waals surface area contributed by atoms with E-state index in [0.717, 1.165) is 41.9 Å². The van der Waals surface area contributed by atoms with Gasteiger partial charge in [0.1, 0.15) is 0 Å². The minimum atomic E-state index is -4.50. The quantitative estimate of drug-likeness (QED) is 0.831. The van der Waals surface area contributed by atoms with Gasteiger partial charge in [-0.3, -0.25) is 0 Å². The average Bonchev–Trinajstić information content (AvgIpc) is 2.87. The van der Waals surface area contributed by atoms with Crippen molar-refractivity contribution in [3.8, 4) is 0 Å². The van der Waals surface area contributed by atoms with Crippen molar-refractivity contribution in [2.45, 2.75) is 31.5 Å². The van der Waals surface area contributed by atoms with Crippen molar-refractivity contribution in [1.29, 1.82) is 0 Å². The van der Waals surface area contributed by atoms with Crippen molar-refractivity contribution in [3.05, 3.63) is 35.2 Å². The third kappa shape index (κ3) is 2.94. The number of rotatable bonds is 2. The fourth-order valence-electron chi connectivity index (χ4n) is 2.53. The summed E-state index contributed by atoms with van der Waals surface area (Å²) in [6, 6.07) is 5.60. The Morgan fingerprint density at radius 1 is 1.33 bits per heavy atom. The van der Waals surface area contributed by atoms with Gasteiger partial charge in [0, 0.05) is 17.2 Å². The molecular formula is C13H13F3N4S. The molecule has 2 aromatic rings. The molecule has 1 heterocycles. The predicted molar refractivity (Wildman–Crippen MR) is 75.1 cm³/mol. The van der Waals surface area contributed by atoms with Crippen molar-refractivity contribution >= 4 is 22.4 Å². The number of fused-ring (bicyclic) bond motifs is 1. The maximum absolute atomic E-state index is 12.5. The van der Waals surface area contributed by atoms with Crippen LogP contribution < -0.4 is 11.1 Å². The summed E-state index contributed by atoms with van der Waals surface area (Å²) in [6.45, 7) is 0. The van der Waals surface area contributed by atoms with Gasteiger partial charge < -0.3 is 11.1 Å². The van der Waals surface area contributed by atoms with Crippen LogP contribution in [0.25, 0.3) is 0 Å². The summed E-state index contributed by atoms with van der Waals surface area (Å²) < 4.78 is 40.9. The monoisotopic (exact) mass is 314 g/mol. The Labute approximate surface area is 123 Å². The Morgan fingerprint density at radius 2 is 2.14 bits per heavy atom. The van der Waals surface area contributed by atoms with Crippen molar-refractivity contribution in [2.24, 2.45) is 0 Å². The highest BCUT2D eigenvalue weighted by molar-refractivity contribution is 7.09. The maximum atomic E-state index is 12.5. The van der Waals surface area contributed by atoms with Gasteiger partial charge in [0.2, 0.25) is 11.0 Å². The van der Waals surface area contributed by atoms with E-state index >= 15 is 0 Å². The Kier molecular flexibility index (Phi) is 3.48. The topological polar surface area (TPSA) is 63.8 Å². The first-order valence-corrected chi connectivity index (χ1v) is 7.26. The lowest BCUT2D eigenvalue weighted by Crippen LogP contribution is -2.17. The van der Waals surface area contributed by atoms with E-state index < -0.39 is 12.0 Å². The Hall–Kier alpha value is -1.83. The van der Waals surface area contributed by atoms with E-state index in [-0.39, 0.29) is 11.2 Å². The molecule has 1 aliphatic carbocycles. The summed E-state index contributed by atoms with van der Waals surface area (Å²) in [6.07, 6.45) is -1.77. The third-order valence-electron chi connectivity index (χ3n) is 3.46. The van der Waals surface area contributed by atoms with Crippen LogP contribution in [0, 0.1) is 0 Å². The van der Waals surface area contributed by atoms with Gasteiger partial charge >= 0.3 is 6.18 Å². The van der Waals surface area contributed by atoms with Crippen molar-refractivity contribution in [3.63, 3.8) is 0 Å². The number of aromatic nitrogens is 2. The number of nitrogens with zero attached hydrogens (tertiary/aromatic N) is 2. The number of aryl methyl sites for hydroxylation is 1. The predicted octanol–water partition coefficient (Wildman–Crippen LogP) is 3.63. The SMILES string of the molecule is Nc1ccc2c(c1)CCCC2Nc1nc(C(F)(F)F)ns1. The molecule has 8 heteroatoms. The molecule has 1 unspecified atom stereocenters. The summed E-state index contributed by atoms with van der Waals surface area (Å²) in [4.78, 5) is 3.51. The molecule has 0 aliphatic heterocycles. The van der Waals surface area contributed by atoms with Crippen LogP contribution in [-0.4, -0.2) is 9.36 Å². The van der Waals surface area contributed by atoms with Gasteiger partial charge in [0.25, 0.3) is 0 Å². The molecule has 1 aromatic carbocycles. The van der Waals surface area contributed by atoms with E-state index in [1.54, 1.807) is 6.07 Å². The highest BCUT2D eigenvalue weighted by atomic mass is 32.1. The fourth-order valence-corrected chi connectivity index (χ4v) is 3.17. The average molecular weight is 314 g/mol. The van der Waals surface area contributed by atoms with Crippen LogP contribution >= 0.6 is 11.5 Å². The molecular weight excluding hydrogens is 301 g/mol. The number of benzene rings is 1. The van der Waals surface area contributed by atoms with Gasteiger partial charge in [-0.05, 0) is 42.5 Å². The van der Waals surface area contributed by atoms with Crippen LogP contribution in [0.15, 0.2) is 18.2 Å². The molecule has 0 bridgehead atoms. The molecule has 112 valence electrons. The smallest absolute Gasteiger partial charge is 0.399 e. The molecule has 0 saturated heterocycles. The Bertz CT molecular complexity index is 653. The zero-order valence-corrected chi connectivity index (χ0v) is 11.8. The number of anilines is 2. The molecule has 3 rings (SSSR count). The van der Waals surface area contributed by atoms with Crippen LogP contribution in [0.1, 0.15) is 35.8 Å². The minimum Gasteiger partial charge on any atom is -0.399 e. The van der Waals surface area contributed by atoms with Crippen molar-refractivity contribution in [2.75, 3.05) is 11.1 Å². The van der Waals surface area contributed by atoms with E-state index in [1.165, 1.54) is 0 Å². The second kappa shape index (κ2) is 5.18. The first-order valence-electron chi connectivity index (χ1n) is 6.49. The van der Waals surface area contributed by atoms with E-state index in [9.17, 15) is 13.2 Å². The summed E-state index contributed by atoms with van der Waals surface area (Å²) >= 11 is 0.731. The van der Waals surface area contributed by atoms with Crippen LogP contribution in [0.4, 0.5) is 24.0 Å². The molecule has 0 spiro atoms. The molecule has 0 fully saturated rings. The van der Waals surface area contributed by atoms with Crippen LogP contribution in [-0.2, 0) is 12.6 Å². The molecule has 0 amide bonds. The number of nitrogens with two attached hydrogens (primary N) is 1. The number of nitrogens with one attached hydrogen (secondary N) is 1. The maximum Gasteiger partial charge on any atom is 0.452 e. The fraction of sp³-hybridized carbons (Fsp3) is 0.385. The highest BCUT2D eigenvalue weighted by Gasteiger charge is 2.36. The van der Waals surface area contributed by atoms with Gasteiger partial charge in [-0.1, -0.05) is 6.07 Å². The number of nitrogen functional groups attached to an aromatic ring is 1. The first-order chi connectivity index (χ1) is 9.93. The molecule has 1 aromatic heterocycles. The van der Waals surface area contributed by atoms with Crippen molar-refractivity contribution in [1.82, 2.24) is 9.36 Å². The number of hydrogen-bond donors (Lipinski definition) is 2. The summed E-state index contributed by atoms with van der Waals surface area (Å²) in [5.74, 6) is -1.09. The van der Waals surface area contributed by atoms with Gasteiger partial charge in [0.05, 0.1) is 6.04 Å². The van der Waals surface area contributed by atoms with Gasteiger partial charge in [-0.15, -0.1) is 0 Å². The molecule has 21 heavy (non-hydrogen) atoms. The lowest BCUT2D eigenvalue weighted by Gasteiger charge is -2.26.